The van der Waals surface area contributed by atoms with E-state index in [-0.39, 0.29) is 30.2 Å². The highest BCUT2D eigenvalue weighted by molar-refractivity contribution is 5.98. The van der Waals surface area contributed by atoms with E-state index in [1.807, 2.05) is 6.92 Å². The molecule has 0 spiro atoms. The molecule has 1 saturated carbocycles. The molecule has 1 fully saturated rings. The van der Waals surface area contributed by atoms with E-state index in [1.54, 1.807) is 24.3 Å². The molecule has 0 unspecified atom stereocenters. The summed E-state index contributed by atoms with van der Waals surface area (Å²) < 4.78 is 5.17. The minimum Gasteiger partial charge on any atom is -0.457 e. The summed E-state index contributed by atoms with van der Waals surface area (Å²) in [7, 11) is 0. The number of carbonyl (C=O) groups excluding carboxylic acids is 3. The molecule has 0 atom stereocenters. The highest BCUT2D eigenvalue weighted by Gasteiger charge is 2.23. The standard InChI is InChI=1S/C19H25NO4/c1-2-6-18(22)20-16-11-9-14(10-12-16)17(21)13-24-19(23)15-7-4-3-5-8-15/h9-12,15H,2-8,13H2,1H3,(H,20,22). The summed E-state index contributed by atoms with van der Waals surface area (Å²) in [5, 5.41) is 2.77. The van der Waals surface area contributed by atoms with Gasteiger partial charge in [-0.05, 0) is 43.5 Å². The van der Waals surface area contributed by atoms with E-state index in [2.05, 4.69) is 5.32 Å². The molecule has 2 rings (SSSR count). The molecule has 0 bridgehead atoms. The zero-order chi connectivity index (χ0) is 17.4. The van der Waals surface area contributed by atoms with Gasteiger partial charge in [0.2, 0.25) is 5.91 Å². The summed E-state index contributed by atoms with van der Waals surface area (Å²) in [6.45, 7) is 1.72. The Kier molecular flexibility index (Phi) is 6.97. The van der Waals surface area contributed by atoms with E-state index in [4.69, 9.17) is 4.74 Å². The number of Topliss-reactive ketones (excluding diaryl/α,β-unsaturated/α-hetero) is 1. The number of carbonyl (C=O) groups is 3. The van der Waals surface area contributed by atoms with Crippen molar-refractivity contribution < 1.29 is 19.1 Å². The van der Waals surface area contributed by atoms with Gasteiger partial charge in [-0.3, -0.25) is 14.4 Å². The van der Waals surface area contributed by atoms with Crippen LogP contribution in [0, 0.1) is 5.92 Å². The van der Waals surface area contributed by atoms with Gasteiger partial charge in [0.15, 0.2) is 12.4 Å². The maximum absolute atomic E-state index is 12.1. The van der Waals surface area contributed by atoms with Crippen molar-refractivity contribution in [3.63, 3.8) is 0 Å². The van der Waals surface area contributed by atoms with Gasteiger partial charge in [-0.25, -0.2) is 0 Å². The van der Waals surface area contributed by atoms with E-state index in [0.717, 1.165) is 32.1 Å². The van der Waals surface area contributed by atoms with Gasteiger partial charge in [0.25, 0.3) is 0 Å². The van der Waals surface area contributed by atoms with E-state index >= 15 is 0 Å². The van der Waals surface area contributed by atoms with Crippen LogP contribution in [0.2, 0.25) is 0 Å². The lowest BCUT2D eigenvalue weighted by Gasteiger charge is -2.19. The zero-order valence-electron chi connectivity index (χ0n) is 14.2. The number of esters is 1. The van der Waals surface area contributed by atoms with Crippen molar-refractivity contribution in [3.05, 3.63) is 29.8 Å². The molecule has 24 heavy (non-hydrogen) atoms. The predicted molar refractivity (Wildman–Crippen MR) is 91.8 cm³/mol. The van der Waals surface area contributed by atoms with Crippen LogP contribution in [0.15, 0.2) is 24.3 Å². The van der Waals surface area contributed by atoms with Crippen molar-refractivity contribution in [1.29, 1.82) is 0 Å². The highest BCUT2D eigenvalue weighted by Crippen LogP contribution is 2.24. The molecule has 5 heteroatoms. The molecule has 5 nitrogen and oxygen atoms in total. The van der Waals surface area contributed by atoms with Crippen LogP contribution >= 0.6 is 0 Å². The Hall–Kier alpha value is -2.17. The normalized spacial score (nSPS) is 14.9. The van der Waals surface area contributed by atoms with E-state index in [1.165, 1.54) is 6.42 Å². The molecule has 130 valence electrons. The Balaban J connectivity index is 1.81. The Morgan fingerprint density at radius 1 is 1.08 bits per heavy atom. The first kappa shape index (κ1) is 18.2. The van der Waals surface area contributed by atoms with Crippen LogP contribution in [0.5, 0.6) is 0 Å². The average molecular weight is 331 g/mol. The molecule has 0 saturated heterocycles. The molecule has 1 aliphatic carbocycles. The SMILES string of the molecule is CCCC(=O)Nc1ccc(C(=O)COC(=O)C2CCCCC2)cc1. The van der Waals surface area contributed by atoms with Crippen LogP contribution in [0.25, 0.3) is 0 Å². The smallest absolute Gasteiger partial charge is 0.309 e. The number of ketones is 1. The largest absolute Gasteiger partial charge is 0.457 e. The van der Waals surface area contributed by atoms with Crippen molar-refractivity contribution in [2.75, 3.05) is 11.9 Å². The molecule has 0 radical (unpaired) electrons. The second-order valence-corrected chi connectivity index (χ2v) is 6.24. The second-order valence-electron chi connectivity index (χ2n) is 6.24. The molecule has 0 heterocycles. The van der Waals surface area contributed by atoms with E-state index in [0.29, 0.717) is 17.7 Å². The molecule has 0 aliphatic heterocycles. The van der Waals surface area contributed by atoms with Crippen molar-refractivity contribution in [2.24, 2.45) is 5.92 Å². The van der Waals surface area contributed by atoms with Gasteiger partial charge < -0.3 is 10.1 Å². The first-order valence-electron chi connectivity index (χ1n) is 8.70. The maximum atomic E-state index is 12.1. The quantitative estimate of drug-likeness (QED) is 0.610. The predicted octanol–water partition coefficient (Wildman–Crippen LogP) is 3.73. The van der Waals surface area contributed by atoms with Crippen molar-refractivity contribution in [2.45, 2.75) is 51.9 Å². The Morgan fingerprint density at radius 2 is 1.75 bits per heavy atom. The summed E-state index contributed by atoms with van der Waals surface area (Å²) in [4.78, 5) is 35.6. The fraction of sp³-hybridized carbons (Fsp3) is 0.526. The molecule has 1 amide bonds. The third-order valence-corrected chi connectivity index (χ3v) is 4.25. The molecule has 0 aromatic heterocycles. The summed E-state index contributed by atoms with van der Waals surface area (Å²) in [6, 6.07) is 6.64. The molecular formula is C19H25NO4. The fourth-order valence-corrected chi connectivity index (χ4v) is 2.87. The molecular weight excluding hydrogens is 306 g/mol. The second kappa shape index (κ2) is 9.21. The minimum atomic E-state index is -0.258. The minimum absolute atomic E-state index is 0.0435. The average Bonchev–Trinajstić information content (AvgIpc) is 2.61. The summed E-state index contributed by atoms with van der Waals surface area (Å²) in [5.41, 5.74) is 1.13. The summed E-state index contributed by atoms with van der Waals surface area (Å²) in [5.74, 6) is -0.585. The molecule has 1 aliphatic rings. The third-order valence-electron chi connectivity index (χ3n) is 4.25. The van der Waals surface area contributed by atoms with Gasteiger partial charge in [-0.1, -0.05) is 26.2 Å². The number of ether oxygens (including phenoxy) is 1. The number of amides is 1. The number of hydrogen-bond donors (Lipinski definition) is 1. The van der Waals surface area contributed by atoms with Crippen LogP contribution < -0.4 is 5.32 Å². The Bertz CT molecular complexity index is 574. The van der Waals surface area contributed by atoms with Gasteiger partial charge in [-0.15, -0.1) is 0 Å². The molecule has 1 aromatic rings. The van der Waals surface area contributed by atoms with Crippen molar-refractivity contribution in [3.8, 4) is 0 Å². The number of hydrogen-bond acceptors (Lipinski definition) is 4. The van der Waals surface area contributed by atoms with Crippen LogP contribution in [-0.4, -0.2) is 24.3 Å². The lowest BCUT2D eigenvalue weighted by Crippen LogP contribution is -2.23. The Morgan fingerprint density at radius 3 is 2.38 bits per heavy atom. The lowest BCUT2D eigenvalue weighted by molar-refractivity contribution is -0.148. The topological polar surface area (TPSA) is 72.5 Å². The van der Waals surface area contributed by atoms with Crippen LogP contribution in [0.3, 0.4) is 0 Å². The summed E-state index contributed by atoms with van der Waals surface area (Å²) >= 11 is 0. The van der Waals surface area contributed by atoms with Crippen molar-refractivity contribution >= 4 is 23.3 Å². The fourth-order valence-electron chi connectivity index (χ4n) is 2.87. The van der Waals surface area contributed by atoms with E-state index < -0.39 is 0 Å². The number of nitrogens with one attached hydrogen (secondary N) is 1. The van der Waals surface area contributed by atoms with Gasteiger partial charge in [0.05, 0.1) is 5.92 Å². The molecule has 1 N–H and O–H groups in total. The first-order chi connectivity index (χ1) is 11.6. The van der Waals surface area contributed by atoms with E-state index in [9.17, 15) is 14.4 Å². The number of rotatable bonds is 7. The van der Waals surface area contributed by atoms with Gasteiger partial charge in [0.1, 0.15) is 0 Å². The summed E-state index contributed by atoms with van der Waals surface area (Å²) in [6.07, 6.45) is 6.26. The first-order valence-corrected chi connectivity index (χ1v) is 8.70. The maximum Gasteiger partial charge on any atom is 0.309 e. The van der Waals surface area contributed by atoms with Crippen LogP contribution in [0.4, 0.5) is 5.69 Å². The van der Waals surface area contributed by atoms with Crippen LogP contribution in [-0.2, 0) is 14.3 Å². The van der Waals surface area contributed by atoms with Crippen LogP contribution in [0.1, 0.15) is 62.2 Å². The number of anilines is 1. The third kappa shape index (κ3) is 5.48. The highest BCUT2D eigenvalue weighted by atomic mass is 16.5. The van der Waals surface area contributed by atoms with Gasteiger partial charge in [0, 0.05) is 17.7 Å². The van der Waals surface area contributed by atoms with Crippen molar-refractivity contribution in [1.82, 2.24) is 0 Å². The van der Waals surface area contributed by atoms with Gasteiger partial charge >= 0.3 is 5.97 Å². The number of benzene rings is 1. The Labute approximate surface area is 142 Å². The molecule has 1 aromatic carbocycles. The lowest BCUT2D eigenvalue weighted by atomic mass is 9.89. The zero-order valence-corrected chi connectivity index (χ0v) is 14.2. The monoisotopic (exact) mass is 331 g/mol. The van der Waals surface area contributed by atoms with Gasteiger partial charge in [-0.2, -0.15) is 0 Å².